The fourth-order valence-electron chi connectivity index (χ4n) is 2.82. The van der Waals surface area contributed by atoms with E-state index >= 15 is 0 Å². The predicted octanol–water partition coefficient (Wildman–Crippen LogP) is 2.40. The molecule has 0 aromatic carbocycles. The van der Waals surface area contributed by atoms with Gasteiger partial charge in [-0.05, 0) is 24.1 Å². The Kier molecular flexibility index (Phi) is 4.25. The molecule has 0 radical (unpaired) electrons. The molecule has 3 rings (SSSR count). The molecule has 0 spiro atoms. The van der Waals surface area contributed by atoms with E-state index in [9.17, 15) is 13.6 Å². The molecule has 0 bridgehead atoms. The van der Waals surface area contributed by atoms with E-state index in [2.05, 4.69) is 15.1 Å². The van der Waals surface area contributed by atoms with Gasteiger partial charge in [0.1, 0.15) is 5.69 Å². The van der Waals surface area contributed by atoms with Crippen molar-refractivity contribution in [2.45, 2.75) is 25.4 Å². The zero-order chi connectivity index (χ0) is 17.5. The second-order valence-corrected chi connectivity index (χ2v) is 6.24. The van der Waals surface area contributed by atoms with Gasteiger partial charge in [-0.25, -0.2) is 18.7 Å². The van der Waals surface area contributed by atoms with Crippen LogP contribution < -0.4 is 4.90 Å². The Morgan fingerprint density at radius 2 is 2.00 bits per heavy atom. The molecule has 0 unspecified atom stereocenters. The first-order valence-electron chi connectivity index (χ1n) is 7.47. The quantitative estimate of drug-likeness (QED) is 0.791. The Morgan fingerprint density at radius 3 is 2.54 bits per heavy atom. The fraction of sp³-hybridized carbons (Fsp3) is 0.467. The molecule has 0 saturated carbocycles. The molecule has 6 nitrogen and oxygen atoms in total. The molecule has 3 heterocycles. The van der Waals surface area contributed by atoms with Gasteiger partial charge >= 0.3 is 0 Å². The lowest BCUT2D eigenvalue weighted by Gasteiger charge is -2.34. The molecule has 0 amide bonds. The summed E-state index contributed by atoms with van der Waals surface area (Å²) in [5.41, 5.74) is -0.526. The molecule has 2 aromatic heterocycles. The molecular formula is C15H16ClF2N5O. The number of anilines is 1. The number of aryl methyl sites for hydroxylation is 2. The van der Waals surface area contributed by atoms with Gasteiger partial charge in [-0.3, -0.25) is 9.48 Å². The number of carbonyl (C=O) groups is 1. The van der Waals surface area contributed by atoms with Gasteiger partial charge in [-0.1, -0.05) is 0 Å². The summed E-state index contributed by atoms with van der Waals surface area (Å²) in [7, 11) is 1.70. The van der Waals surface area contributed by atoms with Crippen LogP contribution >= 0.6 is 11.6 Å². The number of halogens is 3. The van der Waals surface area contributed by atoms with Crippen molar-refractivity contribution in [3.05, 3.63) is 23.8 Å². The molecule has 0 aliphatic carbocycles. The van der Waals surface area contributed by atoms with Crippen molar-refractivity contribution < 1.29 is 13.6 Å². The van der Waals surface area contributed by atoms with Crippen molar-refractivity contribution >= 4 is 22.8 Å². The number of aromatic nitrogens is 4. The Morgan fingerprint density at radius 1 is 1.33 bits per heavy atom. The minimum atomic E-state index is -2.01. The number of hydrogen-bond acceptors (Lipinski definition) is 5. The maximum atomic E-state index is 14.2. The van der Waals surface area contributed by atoms with Crippen molar-refractivity contribution in [1.82, 2.24) is 19.7 Å². The number of hydrogen-bond donors (Lipinski definition) is 0. The van der Waals surface area contributed by atoms with Gasteiger partial charge in [0.25, 0.3) is 5.24 Å². The summed E-state index contributed by atoms with van der Waals surface area (Å²) in [5.74, 6) is -0.269. The van der Waals surface area contributed by atoms with Gasteiger partial charge in [0.05, 0.1) is 18.1 Å². The van der Waals surface area contributed by atoms with Crippen LogP contribution in [0.3, 0.4) is 0 Å². The summed E-state index contributed by atoms with van der Waals surface area (Å²) in [5, 5.41) is 3.11. The maximum Gasteiger partial charge on any atom is 0.259 e. The van der Waals surface area contributed by atoms with Crippen LogP contribution in [-0.2, 0) is 11.8 Å². The lowest BCUT2D eigenvalue weighted by Crippen LogP contribution is -2.45. The molecule has 0 atom stereocenters. The first-order valence-corrected chi connectivity index (χ1v) is 7.85. The zero-order valence-electron chi connectivity index (χ0n) is 13.3. The molecule has 9 heteroatoms. The van der Waals surface area contributed by atoms with E-state index in [1.165, 1.54) is 0 Å². The number of carbonyl (C=O) groups excluding carboxylic acids is 1. The highest BCUT2D eigenvalue weighted by Gasteiger charge is 2.41. The molecule has 0 N–H and O–H groups in total. The molecule has 128 valence electrons. The smallest absolute Gasteiger partial charge is 0.259 e. The minimum absolute atomic E-state index is 0.0455. The van der Waals surface area contributed by atoms with Gasteiger partial charge in [-0.15, -0.1) is 0 Å². The fourth-order valence-corrected chi connectivity index (χ4v) is 3.01. The SMILES string of the molecule is Cc1cnn(C)c1-c1nc(N2CCC(F)(C(=O)Cl)CC2)ncc1F. The summed E-state index contributed by atoms with van der Waals surface area (Å²) in [6.07, 6.45) is 2.63. The Balaban J connectivity index is 1.89. The highest BCUT2D eigenvalue weighted by atomic mass is 35.5. The van der Waals surface area contributed by atoms with Gasteiger partial charge in [0.15, 0.2) is 11.5 Å². The zero-order valence-corrected chi connectivity index (χ0v) is 14.0. The summed E-state index contributed by atoms with van der Waals surface area (Å²) < 4.78 is 30.0. The summed E-state index contributed by atoms with van der Waals surface area (Å²) >= 11 is 5.32. The third kappa shape index (κ3) is 2.86. The van der Waals surface area contributed by atoms with E-state index in [1.807, 2.05) is 6.92 Å². The highest BCUT2D eigenvalue weighted by molar-refractivity contribution is 6.65. The van der Waals surface area contributed by atoms with E-state index in [1.54, 1.807) is 22.8 Å². The highest BCUT2D eigenvalue weighted by Crippen LogP contribution is 2.31. The van der Waals surface area contributed by atoms with Crippen molar-refractivity contribution in [2.24, 2.45) is 7.05 Å². The number of alkyl halides is 1. The third-order valence-corrected chi connectivity index (χ3v) is 4.61. The molecule has 1 aliphatic heterocycles. The van der Waals surface area contributed by atoms with Crippen LogP contribution in [0.1, 0.15) is 18.4 Å². The Bertz CT molecular complexity index is 767. The maximum absolute atomic E-state index is 14.2. The molecule has 24 heavy (non-hydrogen) atoms. The molecule has 1 saturated heterocycles. The third-order valence-electron chi connectivity index (χ3n) is 4.27. The Labute approximate surface area is 142 Å². The van der Waals surface area contributed by atoms with Crippen LogP contribution in [0.5, 0.6) is 0 Å². The van der Waals surface area contributed by atoms with Crippen LogP contribution in [0.4, 0.5) is 14.7 Å². The monoisotopic (exact) mass is 355 g/mol. The molecule has 1 fully saturated rings. The van der Waals surface area contributed by atoms with E-state index in [-0.39, 0.29) is 37.6 Å². The van der Waals surface area contributed by atoms with Gasteiger partial charge in [0, 0.05) is 33.0 Å². The van der Waals surface area contributed by atoms with Crippen LogP contribution in [-0.4, -0.2) is 43.7 Å². The van der Waals surface area contributed by atoms with Crippen LogP contribution in [0, 0.1) is 12.7 Å². The van der Waals surface area contributed by atoms with Crippen LogP contribution in [0.15, 0.2) is 12.4 Å². The minimum Gasteiger partial charge on any atom is -0.341 e. The van der Waals surface area contributed by atoms with Crippen molar-refractivity contribution in [3.63, 3.8) is 0 Å². The standard InChI is InChI=1S/C15H16ClF2N5O/c1-9-7-20-22(2)12(9)11-10(17)8-19-14(21-11)23-5-3-15(18,4-6-23)13(16)24/h7-8H,3-6H2,1-2H3. The molecule has 1 aliphatic rings. The number of piperidine rings is 1. The number of rotatable bonds is 3. The van der Waals surface area contributed by atoms with Crippen LogP contribution in [0.2, 0.25) is 0 Å². The van der Waals surface area contributed by atoms with E-state index in [4.69, 9.17) is 11.6 Å². The predicted molar refractivity (Wildman–Crippen MR) is 85.1 cm³/mol. The van der Waals surface area contributed by atoms with Crippen molar-refractivity contribution in [3.8, 4) is 11.4 Å². The summed E-state index contributed by atoms with van der Waals surface area (Å²) in [6, 6.07) is 0. The van der Waals surface area contributed by atoms with Crippen molar-refractivity contribution in [1.29, 1.82) is 0 Å². The summed E-state index contributed by atoms with van der Waals surface area (Å²) in [4.78, 5) is 21.2. The lowest BCUT2D eigenvalue weighted by molar-refractivity contribution is -0.123. The van der Waals surface area contributed by atoms with Gasteiger partial charge in [0.2, 0.25) is 5.95 Å². The normalized spacial score (nSPS) is 17.1. The largest absolute Gasteiger partial charge is 0.341 e. The Hall–Kier alpha value is -2.09. The first kappa shape index (κ1) is 16.8. The van der Waals surface area contributed by atoms with Crippen LogP contribution in [0.25, 0.3) is 11.4 Å². The average Bonchev–Trinajstić information content (AvgIpc) is 2.88. The lowest BCUT2D eigenvalue weighted by atomic mass is 9.95. The number of nitrogens with zero attached hydrogens (tertiary/aromatic N) is 5. The van der Waals surface area contributed by atoms with Crippen molar-refractivity contribution in [2.75, 3.05) is 18.0 Å². The second-order valence-electron chi connectivity index (χ2n) is 5.89. The van der Waals surface area contributed by atoms with E-state index < -0.39 is 16.7 Å². The molecule has 2 aromatic rings. The molecular weight excluding hydrogens is 340 g/mol. The van der Waals surface area contributed by atoms with Gasteiger partial charge in [-0.2, -0.15) is 5.10 Å². The average molecular weight is 356 g/mol. The van der Waals surface area contributed by atoms with E-state index in [0.29, 0.717) is 5.69 Å². The summed E-state index contributed by atoms with van der Waals surface area (Å²) in [6.45, 7) is 2.27. The first-order chi connectivity index (χ1) is 11.3. The van der Waals surface area contributed by atoms with E-state index in [0.717, 1.165) is 11.8 Å². The van der Waals surface area contributed by atoms with Gasteiger partial charge < -0.3 is 4.90 Å². The second kappa shape index (κ2) is 6.08. The topological polar surface area (TPSA) is 63.9 Å².